The number of unbranched alkanes of at least 4 members (excludes halogenated alkanes) is 1. The Bertz CT molecular complexity index is 781. The summed E-state index contributed by atoms with van der Waals surface area (Å²) in [6.07, 6.45) is 6.73. The van der Waals surface area contributed by atoms with Gasteiger partial charge in [0.2, 0.25) is 0 Å². The van der Waals surface area contributed by atoms with Crippen molar-refractivity contribution in [3.63, 3.8) is 0 Å². The lowest BCUT2D eigenvalue weighted by Gasteiger charge is -2.22. The van der Waals surface area contributed by atoms with Crippen molar-refractivity contribution < 1.29 is 52.5 Å². The van der Waals surface area contributed by atoms with Crippen molar-refractivity contribution in [2.45, 2.75) is 43.9 Å². The quantitative estimate of drug-likeness (QED) is 0.461. The van der Waals surface area contributed by atoms with Crippen molar-refractivity contribution in [2.24, 2.45) is 0 Å². The summed E-state index contributed by atoms with van der Waals surface area (Å²) < 4.78 is 116. The Labute approximate surface area is 158 Å². The van der Waals surface area contributed by atoms with Gasteiger partial charge in [-0.1, -0.05) is 13.3 Å². The summed E-state index contributed by atoms with van der Waals surface area (Å²) in [5, 5.41) is 0. The number of pyridine rings is 1. The monoisotopic (exact) mass is 460 g/mol. The lowest BCUT2D eigenvalue weighted by atomic mass is 10.3. The highest BCUT2D eigenvalue weighted by molar-refractivity contribution is 8.13. The number of ether oxygens (including phenoxy) is 1. The Kier molecular flexibility index (Phi) is 9.83. The molecule has 1 aromatic rings. The van der Waals surface area contributed by atoms with Crippen molar-refractivity contribution >= 4 is 20.0 Å². The van der Waals surface area contributed by atoms with E-state index in [9.17, 15) is 43.2 Å². The van der Waals surface area contributed by atoms with E-state index in [1.54, 1.807) is 7.11 Å². The van der Waals surface area contributed by atoms with Crippen molar-refractivity contribution in [1.29, 1.82) is 0 Å². The van der Waals surface area contributed by atoms with Gasteiger partial charge in [0.05, 0.1) is 6.61 Å². The number of aryl methyl sites for hydroxylation is 1. The van der Waals surface area contributed by atoms with Crippen LogP contribution in [-0.2, 0) is 37.9 Å². The molecule has 0 aromatic carbocycles. The molecule has 0 atom stereocenters. The lowest BCUT2D eigenvalue weighted by Crippen LogP contribution is -2.33. The average Bonchev–Trinajstić information content (AvgIpc) is 2.51. The number of hydrogen-bond acceptors (Lipinski definition) is 5. The topological polar surface area (TPSA) is 95.5 Å². The van der Waals surface area contributed by atoms with Gasteiger partial charge in [-0.15, -0.1) is 0 Å². The normalized spacial score (nSPS) is 13.0. The van der Waals surface area contributed by atoms with Crippen LogP contribution in [0, 0.1) is 0 Å². The molecular formula is C13H18F6N2O5S2. The van der Waals surface area contributed by atoms with Crippen LogP contribution in [0.5, 0.6) is 0 Å². The highest BCUT2D eigenvalue weighted by Gasteiger charge is 2.46. The number of sulfonamides is 2. The Balaban J connectivity index is 0.000000525. The van der Waals surface area contributed by atoms with Crippen LogP contribution < -0.4 is 4.57 Å². The van der Waals surface area contributed by atoms with Gasteiger partial charge in [0.15, 0.2) is 32.4 Å². The number of rotatable bonds is 7. The van der Waals surface area contributed by atoms with E-state index in [2.05, 4.69) is 36.0 Å². The molecule has 0 amide bonds. The van der Waals surface area contributed by atoms with E-state index < -0.39 is 31.1 Å². The third-order valence-corrected chi connectivity index (χ3v) is 5.52. The van der Waals surface area contributed by atoms with Gasteiger partial charge in [0.1, 0.15) is 6.54 Å². The second-order valence-corrected chi connectivity index (χ2v) is 8.58. The summed E-state index contributed by atoms with van der Waals surface area (Å²) in [7, 11) is -11.7. The molecule has 28 heavy (non-hydrogen) atoms. The molecule has 164 valence electrons. The van der Waals surface area contributed by atoms with E-state index in [0.29, 0.717) is 6.61 Å². The predicted octanol–water partition coefficient (Wildman–Crippen LogP) is 2.98. The molecule has 0 aliphatic rings. The minimum Gasteiger partial charge on any atom is -0.421 e. The number of alkyl halides is 6. The van der Waals surface area contributed by atoms with Gasteiger partial charge >= 0.3 is 11.0 Å². The third-order valence-electron chi connectivity index (χ3n) is 2.78. The fourth-order valence-electron chi connectivity index (χ4n) is 1.52. The van der Waals surface area contributed by atoms with E-state index in [-0.39, 0.29) is 0 Å². The van der Waals surface area contributed by atoms with E-state index >= 15 is 0 Å². The zero-order valence-corrected chi connectivity index (χ0v) is 16.3. The molecule has 0 unspecified atom stereocenters. The average molecular weight is 460 g/mol. The van der Waals surface area contributed by atoms with Crippen molar-refractivity contribution in [2.75, 3.05) is 7.11 Å². The van der Waals surface area contributed by atoms with E-state index in [1.165, 1.54) is 18.4 Å². The first-order valence-corrected chi connectivity index (χ1v) is 10.3. The first-order valence-electron chi connectivity index (χ1n) is 7.41. The zero-order valence-electron chi connectivity index (χ0n) is 14.7. The second-order valence-electron chi connectivity index (χ2n) is 5.15. The molecule has 0 N–H and O–H groups in total. The zero-order chi connectivity index (χ0) is 22.2. The molecular weight excluding hydrogens is 442 g/mol. The minimum absolute atomic E-state index is 0.701. The third kappa shape index (κ3) is 8.70. The van der Waals surface area contributed by atoms with E-state index in [4.69, 9.17) is 4.74 Å². The number of aromatic nitrogens is 1. The summed E-state index contributed by atoms with van der Waals surface area (Å²) in [4.78, 5) is 0. The molecule has 0 fully saturated rings. The predicted molar refractivity (Wildman–Crippen MR) is 85.6 cm³/mol. The molecule has 0 aliphatic heterocycles. The fraction of sp³-hybridized carbons (Fsp3) is 0.615. The number of halogens is 6. The lowest BCUT2D eigenvalue weighted by molar-refractivity contribution is -0.697. The fourth-order valence-corrected chi connectivity index (χ4v) is 3.23. The summed E-state index contributed by atoms with van der Waals surface area (Å²) in [5.41, 5.74) is -11.2. The first-order chi connectivity index (χ1) is 12.6. The number of nitrogens with zero attached hydrogens (tertiary/aromatic N) is 2. The van der Waals surface area contributed by atoms with Crippen LogP contribution >= 0.6 is 0 Å². The van der Waals surface area contributed by atoms with E-state index in [1.807, 2.05) is 0 Å². The van der Waals surface area contributed by atoms with Gasteiger partial charge in [-0.3, -0.25) is 0 Å². The maximum atomic E-state index is 11.4. The van der Waals surface area contributed by atoms with Crippen LogP contribution in [-0.4, -0.2) is 35.0 Å². The van der Waals surface area contributed by atoms with Gasteiger partial charge in [-0.2, -0.15) is 26.3 Å². The molecule has 1 rings (SSSR count). The maximum absolute atomic E-state index is 11.4. The largest absolute Gasteiger partial charge is 0.480 e. The molecule has 0 radical (unpaired) electrons. The van der Waals surface area contributed by atoms with Crippen molar-refractivity contribution in [1.82, 2.24) is 0 Å². The van der Waals surface area contributed by atoms with Crippen LogP contribution in [0.4, 0.5) is 26.3 Å². The Morgan fingerprint density at radius 1 is 1.04 bits per heavy atom. The van der Waals surface area contributed by atoms with Gasteiger partial charge in [-0.25, -0.2) is 21.4 Å². The molecule has 0 aliphatic carbocycles. The molecule has 7 nitrogen and oxygen atoms in total. The molecule has 0 saturated carbocycles. The van der Waals surface area contributed by atoms with Crippen molar-refractivity contribution in [3.8, 4) is 0 Å². The van der Waals surface area contributed by atoms with Crippen LogP contribution in [0.15, 0.2) is 24.5 Å². The molecule has 15 heteroatoms. The summed E-state index contributed by atoms with van der Waals surface area (Å²) in [5.74, 6) is 0. The molecule has 0 spiro atoms. The molecule has 1 aromatic heterocycles. The second kappa shape index (κ2) is 10.4. The summed E-state index contributed by atoms with van der Waals surface area (Å²) in [6, 6.07) is 4.16. The molecule has 1 heterocycles. The van der Waals surface area contributed by atoms with Crippen LogP contribution in [0.3, 0.4) is 0 Å². The smallest absolute Gasteiger partial charge is 0.421 e. The van der Waals surface area contributed by atoms with E-state index in [0.717, 1.165) is 10.7 Å². The Morgan fingerprint density at radius 2 is 1.54 bits per heavy atom. The van der Waals surface area contributed by atoms with Gasteiger partial charge in [0.25, 0.3) is 0 Å². The Hall–Kier alpha value is -1.45. The highest BCUT2D eigenvalue weighted by Crippen LogP contribution is 2.36. The molecule has 0 bridgehead atoms. The van der Waals surface area contributed by atoms with Crippen LogP contribution in [0.1, 0.15) is 25.3 Å². The standard InChI is InChI=1S/C11H18NO.C2F6NO4S2/c1-3-4-7-12-8-5-6-11(9-12)10-13-2;3-1(4,5)14(10,11)9-15(12,13)2(6,7)8/h5-6,8-9H,3-4,7,10H2,1-2H3;/q+1;-1. The summed E-state index contributed by atoms with van der Waals surface area (Å²) in [6.45, 7) is 4.01. The SMILES string of the molecule is CCCC[n+]1cccc(COC)c1.O=S(=O)([N-]S(=O)(=O)C(F)(F)F)C(F)(F)F. The van der Waals surface area contributed by atoms with Crippen LogP contribution in [0.2, 0.25) is 0 Å². The minimum atomic E-state index is -6.72. The Morgan fingerprint density at radius 3 is 1.93 bits per heavy atom. The van der Waals surface area contributed by atoms with Gasteiger partial charge in [-0.05, 0) is 6.07 Å². The summed E-state index contributed by atoms with van der Waals surface area (Å²) >= 11 is 0. The maximum Gasteiger partial charge on any atom is 0.480 e. The van der Waals surface area contributed by atoms with Crippen molar-refractivity contribution in [3.05, 3.63) is 34.2 Å². The number of hydrogen-bond donors (Lipinski definition) is 0. The number of methoxy groups -OCH3 is 1. The van der Waals surface area contributed by atoms with Crippen LogP contribution in [0.25, 0.3) is 4.13 Å². The van der Waals surface area contributed by atoms with Gasteiger partial charge < -0.3 is 8.86 Å². The molecule has 0 saturated heterocycles. The van der Waals surface area contributed by atoms with Gasteiger partial charge in [0, 0.05) is 25.2 Å². The highest BCUT2D eigenvalue weighted by atomic mass is 32.3. The first kappa shape index (κ1) is 26.6.